The second-order valence-corrected chi connectivity index (χ2v) is 5.32. The maximum atomic E-state index is 12.0. The molecule has 0 spiro atoms. The van der Waals surface area contributed by atoms with E-state index in [1.165, 1.54) is 0 Å². The van der Waals surface area contributed by atoms with Crippen molar-refractivity contribution in [2.24, 2.45) is 0 Å². The molecule has 0 saturated carbocycles. The second-order valence-electron chi connectivity index (χ2n) is 5.32. The van der Waals surface area contributed by atoms with Crippen molar-refractivity contribution in [3.8, 4) is 5.75 Å². The predicted molar refractivity (Wildman–Crippen MR) is 81.4 cm³/mol. The van der Waals surface area contributed by atoms with Gasteiger partial charge in [0.25, 0.3) is 0 Å². The van der Waals surface area contributed by atoms with E-state index >= 15 is 0 Å². The molecule has 1 heterocycles. The van der Waals surface area contributed by atoms with Gasteiger partial charge >= 0.3 is 0 Å². The zero-order valence-corrected chi connectivity index (χ0v) is 12.8. The minimum Gasteiger partial charge on any atom is -0.491 e. The van der Waals surface area contributed by atoms with Crippen LogP contribution < -0.4 is 15.4 Å². The summed E-state index contributed by atoms with van der Waals surface area (Å²) < 4.78 is 10.7. The highest BCUT2D eigenvalue weighted by Crippen LogP contribution is 2.20. The fourth-order valence-corrected chi connectivity index (χ4v) is 2.39. The van der Waals surface area contributed by atoms with Gasteiger partial charge in [0.2, 0.25) is 5.91 Å². The lowest BCUT2D eigenvalue weighted by Crippen LogP contribution is -2.40. The number of amides is 1. The number of nitrogens with one attached hydrogen (secondary N) is 2. The van der Waals surface area contributed by atoms with Crippen molar-refractivity contribution in [3.05, 3.63) is 29.3 Å². The van der Waals surface area contributed by atoms with Crippen molar-refractivity contribution in [1.82, 2.24) is 10.6 Å². The molecule has 0 aliphatic carbocycles. The van der Waals surface area contributed by atoms with Gasteiger partial charge in [0.15, 0.2) is 0 Å². The first-order valence-corrected chi connectivity index (χ1v) is 7.43. The molecule has 2 rings (SSSR count). The lowest BCUT2D eigenvalue weighted by atomic mass is 10.1. The first kappa shape index (κ1) is 15.8. The average molecular weight is 292 g/mol. The molecule has 1 aromatic carbocycles. The van der Waals surface area contributed by atoms with Crippen molar-refractivity contribution < 1.29 is 14.3 Å². The molecule has 1 unspecified atom stereocenters. The molecule has 0 aromatic heterocycles. The van der Waals surface area contributed by atoms with E-state index in [-0.39, 0.29) is 11.9 Å². The van der Waals surface area contributed by atoms with Crippen LogP contribution in [0.3, 0.4) is 0 Å². The third-order valence-corrected chi connectivity index (χ3v) is 3.60. The maximum Gasteiger partial charge on any atom is 0.237 e. The standard InChI is InChI=1S/C16H24N2O3/c1-12-5-6-13(15(10-12)21-9-8-20-2)11-18-16(19)14-4-3-7-17-14/h5-6,10,14,17H,3-4,7-9,11H2,1-2H3,(H,18,19). The van der Waals surface area contributed by atoms with Crippen LogP contribution in [0.25, 0.3) is 0 Å². The lowest BCUT2D eigenvalue weighted by molar-refractivity contribution is -0.122. The first-order chi connectivity index (χ1) is 10.2. The molecule has 1 aromatic rings. The Morgan fingerprint density at radius 3 is 3.00 bits per heavy atom. The minimum absolute atomic E-state index is 0.0479. The summed E-state index contributed by atoms with van der Waals surface area (Å²) in [7, 11) is 1.65. The van der Waals surface area contributed by atoms with Crippen LogP contribution >= 0.6 is 0 Å². The highest BCUT2D eigenvalue weighted by Gasteiger charge is 2.21. The molecule has 1 amide bonds. The molecule has 116 valence electrons. The number of ether oxygens (including phenoxy) is 2. The number of carbonyl (C=O) groups excluding carboxylic acids is 1. The number of benzene rings is 1. The van der Waals surface area contributed by atoms with Crippen LogP contribution in [0, 0.1) is 6.92 Å². The van der Waals surface area contributed by atoms with Gasteiger partial charge < -0.3 is 20.1 Å². The Hall–Kier alpha value is -1.59. The number of hydrogen-bond acceptors (Lipinski definition) is 4. The Morgan fingerprint density at radius 2 is 2.29 bits per heavy atom. The molecular formula is C16H24N2O3. The van der Waals surface area contributed by atoms with Crippen molar-refractivity contribution >= 4 is 5.91 Å². The average Bonchev–Trinajstić information content (AvgIpc) is 3.00. The maximum absolute atomic E-state index is 12.0. The van der Waals surface area contributed by atoms with Crippen LogP contribution in [0.2, 0.25) is 0 Å². The molecule has 5 heteroatoms. The number of hydrogen-bond donors (Lipinski definition) is 2. The number of rotatable bonds is 7. The quantitative estimate of drug-likeness (QED) is 0.746. The van der Waals surface area contributed by atoms with Gasteiger partial charge in [-0.2, -0.15) is 0 Å². The van der Waals surface area contributed by atoms with Crippen LogP contribution in [0.15, 0.2) is 18.2 Å². The van der Waals surface area contributed by atoms with E-state index in [2.05, 4.69) is 10.6 Å². The van der Waals surface area contributed by atoms with Gasteiger partial charge in [-0.1, -0.05) is 12.1 Å². The van der Waals surface area contributed by atoms with E-state index < -0.39 is 0 Å². The smallest absolute Gasteiger partial charge is 0.237 e. The van der Waals surface area contributed by atoms with Gasteiger partial charge in [0.1, 0.15) is 12.4 Å². The summed E-state index contributed by atoms with van der Waals surface area (Å²) in [6.45, 7) is 4.48. The Labute approximate surface area is 126 Å². The summed E-state index contributed by atoms with van der Waals surface area (Å²) in [4.78, 5) is 12.0. The summed E-state index contributed by atoms with van der Waals surface area (Å²) in [5.41, 5.74) is 2.12. The summed E-state index contributed by atoms with van der Waals surface area (Å²) in [6, 6.07) is 5.97. The SMILES string of the molecule is COCCOc1cc(C)ccc1CNC(=O)C1CCCN1. The number of carbonyl (C=O) groups is 1. The van der Waals surface area contributed by atoms with Gasteiger partial charge in [-0.25, -0.2) is 0 Å². The lowest BCUT2D eigenvalue weighted by Gasteiger charge is -2.15. The molecule has 21 heavy (non-hydrogen) atoms. The zero-order chi connectivity index (χ0) is 15.1. The van der Waals surface area contributed by atoms with Gasteiger partial charge in [0, 0.05) is 19.2 Å². The van der Waals surface area contributed by atoms with E-state index in [1.54, 1.807) is 7.11 Å². The third kappa shape index (κ3) is 4.72. The summed E-state index contributed by atoms with van der Waals surface area (Å²) in [5.74, 6) is 0.877. The van der Waals surface area contributed by atoms with E-state index in [1.807, 2.05) is 25.1 Å². The molecule has 0 radical (unpaired) electrons. The monoisotopic (exact) mass is 292 g/mol. The molecule has 0 bridgehead atoms. The molecule has 1 atom stereocenters. The van der Waals surface area contributed by atoms with E-state index in [9.17, 15) is 4.79 Å². The summed E-state index contributed by atoms with van der Waals surface area (Å²) in [6.07, 6.45) is 1.98. The highest BCUT2D eigenvalue weighted by atomic mass is 16.5. The fraction of sp³-hybridized carbons (Fsp3) is 0.562. The Bertz CT molecular complexity index is 471. The molecule has 2 N–H and O–H groups in total. The van der Waals surface area contributed by atoms with Crippen LogP contribution in [0.4, 0.5) is 0 Å². The van der Waals surface area contributed by atoms with E-state index in [0.717, 1.165) is 36.3 Å². The van der Waals surface area contributed by atoms with Gasteiger partial charge in [-0.05, 0) is 37.9 Å². The number of aryl methyl sites for hydroxylation is 1. The zero-order valence-electron chi connectivity index (χ0n) is 12.8. The third-order valence-electron chi connectivity index (χ3n) is 3.60. The Balaban J connectivity index is 1.93. The van der Waals surface area contributed by atoms with Crippen molar-refractivity contribution in [2.45, 2.75) is 32.4 Å². The molecule has 1 aliphatic heterocycles. The molecule has 1 saturated heterocycles. The fourth-order valence-electron chi connectivity index (χ4n) is 2.39. The van der Waals surface area contributed by atoms with Crippen LogP contribution in [-0.4, -0.2) is 38.8 Å². The normalized spacial score (nSPS) is 17.7. The second kappa shape index (κ2) is 8.00. The van der Waals surface area contributed by atoms with Gasteiger partial charge in [-0.15, -0.1) is 0 Å². The van der Waals surface area contributed by atoms with E-state index in [0.29, 0.717) is 19.8 Å². The van der Waals surface area contributed by atoms with Crippen molar-refractivity contribution in [3.63, 3.8) is 0 Å². The Kier molecular flexibility index (Phi) is 6.02. The van der Waals surface area contributed by atoms with Crippen molar-refractivity contribution in [2.75, 3.05) is 26.9 Å². The van der Waals surface area contributed by atoms with Gasteiger partial charge in [0.05, 0.1) is 12.6 Å². The predicted octanol–water partition coefficient (Wildman–Crippen LogP) is 1.39. The Morgan fingerprint density at radius 1 is 1.43 bits per heavy atom. The van der Waals surface area contributed by atoms with Crippen LogP contribution in [0.5, 0.6) is 5.75 Å². The molecular weight excluding hydrogens is 268 g/mol. The van der Waals surface area contributed by atoms with Crippen molar-refractivity contribution in [1.29, 1.82) is 0 Å². The molecule has 5 nitrogen and oxygen atoms in total. The van der Waals surface area contributed by atoms with Gasteiger partial charge in [-0.3, -0.25) is 4.79 Å². The number of methoxy groups -OCH3 is 1. The van der Waals surface area contributed by atoms with Crippen LogP contribution in [0.1, 0.15) is 24.0 Å². The summed E-state index contributed by atoms with van der Waals surface area (Å²) in [5, 5.41) is 6.18. The molecule has 1 fully saturated rings. The molecule has 1 aliphatic rings. The van der Waals surface area contributed by atoms with E-state index in [4.69, 9.17) is 9.47 Å². The van der Waals surface area contributed by atoms with Crippen LogP contribution in [-0.2, 0) is 16.1 Å². The highest BCUT2D eigenvalue weighted by molar-refractivity contribution is 5.82. The summed E-state index contributed by atoms with van der Waals surface area (Å²) >= 11 is 0. The largest absolute Gasteiger partial charge is 0.491 e. The topological polar surface area (TPSA) is 59.6 Å². The first-order valence-electron chi connectivity index (χ1n) is 7.43. The minimum atomic E-state index is -0.0479.